The summed E-state index contributed by atoms with van der Waals surface area (Å²) in [6, 6.07) is 5.65. The number of carbonyl (C=O) groups is 2. The van der Waals surface area contributed by atoms with Crippen LogP contribution in [0.5, 0.6) is 0 Å². The number of carboxylic acid groups (broad SMARTS) is 1. The van der Waals surface area contributed by atoms with Gasteiger partial charge in [-0.25, -0.2) is 8.42 Å². The molecule has 3 rings (SSSR count). The number of likely N-dealkylation sites (tertiary alicyclic amines) is 1. The van der Waals surface area contributed by atoms with Crippen LogP contribution < -0.4 is 0 Å². The van der Waals surface area contributed by atoms with Gasteiger partial charge in [-0.3, -0.25) is 9.59 Å². The minimum absolute atomic E-state index is 0.117. The number of aliphatic carboxylic acids is 1. The molecule has 8 heteroatoms. The molecule has 2 atom stereocenters. The van der Waals surface area contributed by atoms with Crippen molar-refractivity contribution in [2.75, 3.05) is 19.6 Å². The van der Waals surface area contributed by atoms with Crippen LogP contribution in [0, 0.1) is 5.92 Å². The van der Waals surface area contributed by atoms with E-state index in [0.29, 0.717) is 26.1 Å². The summed E-state index contributed by atoms with van der Waals surface area (Å²) in [5, 5.41) is 9.23. The average Bonchev–Trinajstić information content (AvgIpc) is 3.03. The van der Waals surface area contributed by atoms with Gasteiger partial charge in [0, 0.05) is 31.2 Å². The first kappa shape index (κ1) is 18.8. The molecule has 1 aromatic rings. The van der Waals surface area contributed by atoms with Gasteiger partial charge in [-0.05, 0) is 44.4 Å². The Kier molecular flexibility index (Phi) is 5.34. The van der Waals surface area contributed by atoms with Crippen molar-refractivity contribution in [1.82, 2.24) is 9.21 Å². The zero-order valence-corrected chi connectivity index (χ0v) is 15.6. The van der Waals surface area contributed by atoms with Crippen LogP contribution in [0.1, 0.15) is 43.0 Å². The van der Waals surface area contributed by atoms with Gasteiger partial charge in [0.1, 0.15) is 0 Å². The molecule has 142 valence electrons. The van der Waals surface area contributed by atoms with Crippen molar-refractivity contribution in [2.45, 2.75) is 43.5 Å². The van der Waals surface area contributed by atoms with E-state index in [9.17, 15) is 23.1 Å². The molecule has 26 heavy (non-hydrogen) atoms. The van der Waals surface area contributed by atoms with Crippen molar-refractivity contribution in [3.63, 3.8) is 0 Å². The van der Waals surface area contributed by atoms with Crippen LogP contribution in [0.2, 0.25) is 0 Å². The lowest BCUT2D eigenvalue weighted by Gasteiger charge is -2.26. The van der Waals surface area contributed by atoms with Gasteiger partial charge in [0.25, 0.3) is 5.91 Å². The Hall–Kier alpha value is -1.93. The summed E-state index contributed by atoms with van der Waals surface area (Å²) in [6.07, 6.45) is 3.13. The molecule has 0 spiro atoms. The van der Waals surface area contributed by atoms with Crippen LogP contribution >= 0.6 is 0 Å². The summed E-state index contributed by atoms with van der Waals surface area (Å²) >= 11 is 0. The second kappa shape index (κ2) is 7.36. The van der Waals surface area contributed by atoms with Gasteiger partial charge in [-0.2, -0.15) is 4.31 Å². The summed E-state index contributed by atoms with van der Waals surface area (Å²) in [6.45, 7) is 3.09. The zero-order valence-electron chi connectivity index (χ0n) is 14.8. The number of sulfonamides is 1. The molecule has 2 unspecified atom stereocenters. The highest BCUT2D eigenvalue weighted by Crippen LogP contribution is 2.27. The van der Waals surface area contributed by atoms with Crippen molar-refractivity contribution in [2.24, 2.45) is 5.92 Å². The number of carbonyl (C=O) groups excluding carboxylic acids is 1. The summed E-state index contributed by atoms with van der Waals surface area (Å²) in [5.74, 6) is -1.81. The lowest BCUT2D eigenvalue weighted by molar-refractivity contribution is -0.142. The highest BCUT2D eigenvalue weighted by Gasteiger charge is 2.38. The highest BCUT2D eigenvalue weighted by molar-refractivity contribution is 7.89. The largest absolute Gasteiger partial charge is 0.481 e. The molecule has 0 aromatic heterocycles. The van der Waals surface area contributed by atoms with Crippen LogP contribution in [-0.2, 0) is 14.8 Å². The average molecular weight is 380 g/mol. The number of rotatable bonds is 4. The Bertz CT molecular complexity index is 802. The summed E-state index contributed by atoms with van der Waals surface area (Å²) in [5.41, 5.74) is 0.279. The number of hydrogen-bond donors (Lipinski definition) is 1. The van der Waals surface area contributed by atoms with Gasteiger partial charge in [-0.1, -0.05) is 12.5 Å². The number of carboxylic acids is 1. The Morgan fingerprint density at radius 2 is 1.81 bits per heavy atom. The van der Waals surface area contributed by atoms with Gasteiger partial charge >= 0.3 is 5.97 Å². The molecule has 0 saturated carbocycles. The lowest BCUT2D eigenvalue weighted by atomic mass is 10.0. The molecule has 2 heterocycles. The summed E-state index contributed by atoms with van der Waals surface area (Å²) in [4.78, 5) is 25.7. The molecule has 0 bridgehead atoms. The third-order valence-electron chi connectivity index (χ3n) is 5.37. The predicted molar refractivity (Wildman–Crippen MR) is 95.3 cm³/mol. The monoisotopic (exact) mass is 380 g/mol. The van der Waals surface area contributed by atoms with Gasteiger partial charge < -0.3 is 10.0 Å². The minimum Gasteiger partial charge on any atom is -0.481 e. The standard InChI is InChI=1S/C18H24N2O5S/c1-13-16(18(22)23)8-11-20(13)17(21)14-6-5-7-15(12-14)26(24,25)19-9-3-2-4-10-19/h5-7,12-13,16H,2-4,8-11H2,1H3,(H,22,23). The third kappa shape index (κ3) is 3.48. The zero-order chi connectivity index (χ0) is 18.9. The fourth-order valence-corrected chi connectivity index (χ4v) is 5.33. The smallest absolute Gasteiger partial charge is 0.308 e. The van der Waals surface area contributed by atoms with Gasteiger partial charge in [0.15, 0.2) is 0 Å². The molecule has 2 fully saturated rings. The fourth-order valence-electron chi connectivity index (χ4n) is 3.77. The van der Waals surface area contributed by atoms with Crippen LogP contribution in [-0.4, -0.2) is 60.3 Å². The van der Waals surface area contributed by atoms with E-state index in [4.69, 9.17) is 0 Å². The Morgan fingerprint density at radius 3 is 2.42 bits per heavy atom. The maximum absolute atomic E-state index is 12.8. The van der Waals surface area contributed by atoms with E-state index < -0.39 is 28.0 Å². The lowest BCUT2D eigenvalue weighted by Crippen LogP contribution is -2.38. The molecule has 1 N–H and O–H groups in total. The molecule has 7 nitrogen and oxygen atoms in total. The Morgan fingerprint density at radius 1 is 1.12 bits per heavy atom. The normalized spacial score (nSPS) is 24.6. The molecular weight excluding hydrogens is 356 g/mol. The maximum atomic E-state index is 12.8. The fraction of sp³-hybridized carbons (Fsp3) is 0.556. The van der Waals surface area contributed by atoms with E-state index in [2.05, 4.69) is 0 Å². The van der Waals surface area contributed by atoms with Crippen LogP contribution in [0.3, 0.4) is 0 Å². The number of piperidine rings is 1. The second-order valence-electron chi connectivity index (χ2n) is 6.97. The van der Waals surface area contributed by atoms with E-state index in [-0.39, 0.29) is 16.4 Å². The molecule has 2 aliphatic rings. The molecule has 1 amide bonds. The molecule has 2 aliphatic heterocycles. The van der Waals surface area contributed by atoms with Crippen LogP contribution in [0.4, 0.5) is 0 Å². The summed E-state index contributed by atoms with van der Waals surface area (Å²) < 4.78 is 27.1. The SMILES string of the molecule is CC1C(C(=O)O)CCN1C(=O)c1cccc(S(=O)(=O)N2CCCCC2)c1. The third-order valence-corrected chi connectivity index (χ3v) is 7.26. The first-order valence-corrected chi connectivity index (χ1v) is 10.4. The minimum atomic E-state index is -3.61. The maximum Gasteiger partial charge on any atom is 0.308 e. The number of benzene rings is 1. The van der Waals surface area contributed by atoms with Gasteiger partial charge in [0.05, 0.1) is 10.8 Å². The summed E-state index contributed by atoms with van der Waals surface area (Å²) in [7, 11) is -3.61. The quantitative estimate of drug-likeness (QED) is 0.859. The van der Waals surface area contributed by atoms with E-state index >= 15 is 0 Å². The Balaban J connectivity index is 1.83. The second-order valence-corrected chi connectivity index (χ2v) is 8.90. The van der Waals surface area contributed by atoms with E-state index in [1.807, 2.05) is 0 Å². The predicted octanol–water partition coefficient (Wildman–Crippen LogP) is 1.80. The number of amides is 1. The number of hydrogen-bond acceptors (Lipinski definition) is 4. The van der Waals surface area contributed by atoms with E-state index in [0.717, 1.165) is 19.3 Å². The van der Waals surface area contributed by atoms with Gasteiger partial charge in [0.2, 0.25) is 10.0 Å². The van der Waals surface area contributed by atoms with E-state index in [1.165, 1.54) is 21.3 Å². The van der Waals surface area contributed by atoms with Crippen molar-refractivity contribution < 1.29 is 23.1 Å². The van der Waals surface area contributed by atoms with Crippen LogP contribution in [0.25, 0.3) is 0 Å². The van der Waals surface area contributed by atoms with Gasteiger partial charge in [-0.15, -0.1) is 0 Å². The molecule has 0 aliphatic carbocycles. The molecular formula is C18H24N2O5S. The van der Waals surface area contributed by atoms with Crippen molar-refractivity contribution >= 4 is 21.9 Å². The highest BCUT2D eigenvalue weighted by atomic mass is 32.2. The van der Waals surface area contributed by atoms with Crippen LogP contribution in [0.15, 0.2) is 29.2 Å². The van der Waals surface area contributed by atoms with Crippen molar-refractivity contribution in [1.29, 1.82) is 0 Å². The van der Waals surface area contributed by atoms with E-state index in [1.54, 1.807) is 19.1 Å². The molecule has 0 radical (unpaired) electrons. The first-order chi connectivity index (χ1) is 12.3. The Labute approximate surface area is 153 Å². The van der Waals surface area contributed by atoms with Crippen molar-refractivity contribution in [3.8, 4) is 0 Å². The topological polar surface area (TPSA) is 95.0 Å². The number of nitrogens with zero attached hydrogens (tertiary/aromatic N) is 2. The molecule has 1 aromatic carbocycles. The first-order valence-electron chi connectivity index (χ1n) is 8.96. The molecule has 2 saturated heterocycles. The van der Waals surface area contributed by atoms with Crippen molar-refractivity contribution in [3.05, 3.63) is 29.8 Å².